The van der Waals surface area contributed by atoms with Crippen molar-refractivity contribution >= 4 is 0 Å². The van der Waals surface area contributed by atoms with Gasteiger partial charge in [-0.2, -0.15) is 5.26 Å². The van der Waals surface area contributed by atoms with E-state index in [9.17, 15) is 9.59 Å². The summed E-state index contributed by atoms with van der Waals surface area (Å²) >= 11 is 0. The highest BCUT2D eigenvalue weighted by Gasteiger charge is 2.07. The van der Waals surface area contributed by atoms with Crippen LogP contribution in [0.15, 0.2) is 40.1 Å². The lowest BCUT2D eigenvalue weighted by Gasteiger charge is -2.10. The van der Waals surface area contributed by atoms with Crippen LogP contribution in [0.4, 0.5) is 0 Å². The summed E-state index contributed by atoms with van der Waals surface area (Å²) in [5, 5.41) is 8.68. The molecule has 2 aromatic rings. The van der Waals surface area contributed by atoms with Gasteiger partial charge in [0.1, 0.15) is 6.54 Å². The lowest BCUT2D eigenvalue weighted by atomic mass is 10.1. The Morgan fingerprint density at radius 2 is 1.95 bits per heavy atom. The first-order chi connectivity index (χ1) is 9.52. The Bertz CT molecular complexity index is 794. The molecular weight excluding hydrogens is 254 g/mol. The molecule has 0 saturated heterocycles. The third-order valence-electron chi connectivity index (χ3n) is 3.21. The molecule has 5 heteroatoms. The summed E-state index contributed by atoms with van der Waals surface area (Å²) in [5.41, 5.74) is 2.22. The zero-order valence-corrected chi connectivity index (χ0v) is 11.5. The van der Waals surface area contributed by atoms with E-state index < -0.39 is 5.69 Å². The summed E-state index contributed by atoms with van der Waals surface area (Å²) < 4.78 is 2.38. The fourth-order valence-electron chi connectivity index (χ4n) is 2.04. The zero-order chi connectivity index (χ0) is 14.7. The smallest absolute Gasteiger partial charge is 0.287 e. The lowest BCUT2D eigenvalue weighted by Crippen LogP contribution is -2.39. The molecule has 1 aromatic heterocycles. The number of hydrogen-bond acceptors (Lipinski definition) is 3. The van der Waals surface area contributed by atoms with Gasteiger partial charge in [0.15, 0.2) is 0 Å². The highest BCUT2D eigenvalue weighted by Crippen LogP contribution is 2.10. The molecule has 0 spiro atoms. The summed E-state index contributed by atoms with van der Waals surface area (Å²) in [6, 6.07) is 9.13. The number of hydrogen-bond donors (Lipinski definition) is 0. The van der Waals surface area contributed by atoms with Gasteiger partial charge in [-0.3, -0.25) is 13.9 Å². The molecule has 0 amide bonds. The molecule has 0 aliphatic carbocycles. The number of nitriles is 1. The Labute approximate surface area is 116 Å². The average Bonchev–Trinajstić information content (AvgIpc) is 2.42. The molecule has 0 radical (unpaired) electrons. The van der Waals surface area contributed by atoms with Gasteiger partial charge < -0.3 is 0 Å². The van der Waals surface area contributed by atoms with E-state index in [0.717, 1.165) is 21.3 Å². The molecule has 0 aliphatic rings. The molecule has 5 nitrogen and oxygen atoms in total. The molecule has 102 valence electrons. The monoisotopic (exact) mass is 269 g/mol. The summed E-state index contributed by atoms with van der Waals surface area (Å²) in [4.78, 5) is 24.0. The second kappa shape index (κ2) is 5.57. The first-order valence-corrected chi connectivity index (χ1v) is 6.26. The Morgan fingerprint density at radius 3 is 2.65 bits per heavy atom. The second-order valence-electron chi connectivity index (χ2n) is 4.74. The number of aryl methyl sites for hydroxylation is 2. The largest absolute Gasteiger partial charge is 0.332 e. The summed E-state index contributed by atoms with van der Waals surface area (Å²) in [6.45, 7) is 4.06. The van der Waals surface area contributed by atoms with Crippen molar-refractivity contribution in [3.63, 3.8) is 0 Å². The van der Waals surface area contributed by atoms with Gasteiger partial charge in [-0.15, -0.1) is 0 Å². The van der Waals surface area contributed by atoms with Crippen molar-refractivity contribution < 1.29 is 0 Å². The molecule has 0 bridgehead atoms. The quantitative estimate of drug-likeness (QED) is 0.840. The van der Waals surface area contributed by atoms with E-state index in [0.29, 0.717) is 0 Å². The van der Waals surface area contributed by atoms with Crippen molar-refractivity contribution in [2.45, 2.75) is 26.9 Å². The van der Waals surface area contributed by atoms with Crippen LogP contribution in [0.2, 0.25) is 0 Å². The van der Waals surface area contributed by atoms with Gasteiger partial charge in [0.05, 0.1) is 12.6 Å². The Hall–Kier alpha value is -2.61. The minimum absolute atomic E-state index is 0.0636. The molecule has 0 aliphatic heterocycles. The molecule has 0 N–H and O–H groups in total. The molecule has 20 heavy (non-hydrogen) atoms. The Morgan fingerprint density at radius 1 is 1.20 bits per heavy atom. The van der Waals surface area contributed by atoms with Crippen LogP contribution in [0.5, 0.6) is 0 Å². The normalized spacial score (nSPS) is 10.2. The number of rotatable bonds is 3. The van der Waals surface area contributed by atoms with Crippen LogP contribution < -0.4 is 11.2 Å². The molecule has 0 fully saturated rings. The van der Waals surface area contributed by atoms with Crippen LogP contribution in [0.1, 0.15) is 16.7 Å². The van der Waals surface area contributed by atoms with Gasteiger partial charge in [0, 0.05) is 12.3 Å². The third kappa shape index (κ3) is 2.69. The molecule has 2 rings (SSSR count). The molecule has 0 saturated carbocycles. The van der Waals surface area contributed by atoms with Crippen LogP contribution in [0.25, 0.3) is 0 Å². The maximum absolute atomic E-state index is 12.2. The number of nitrogens with zero attached hydrogens (tertiary/aromatic N) is 3. The fraction of sp³-hybridized carbons (Fsp3) is 0.267. The molecule has 0 unspecified atom stereocenters. The molecule has 0 atom stereocenters. The topological polar surface area (TPSA) is 67.8 Å². The maximum atomic E-state index is 12.2. The standard InChI is InChI=1S/C15H15N3O2/c1-11-3-4-12(2)13(9-11)10-18-14(19)5-7-17(8-6-16)15(18)20/h3-5,7,9H,8,10H2,1-2H3. The van der Waals surface area contributed by atoms with E-state index >= 15 is 0 Å². The van der Waals surface area contributed by atoms with E-state index in [-0.39, 0.29) is 18.6 Å². The number of benzene rings is 1. The lowest BCUT2D eigenvalue weighted by molar-refractivity contribution is 0.619. The predicted molar refractivity (Wildman–Crippen MR) is 75.6 cm³/mol. The average molecular weight is 269 g/mol. The van der Waals surface area contributed by atoms with Gasteiger partial charge in [-0.05, 0) is 25.0 Å². The van der Waals surface area contributed by atoms with Gasteiger partial charge in [0.2, 0.25) is 0 Å². The predicted octanol–water partition coefficient (Wildman–Crippen LogP) is 1.20. The highest BCUT2D eigenvalue weighted by atomic mass is 16.2. The van der Waals surface area contributed by atoms with Gasteiger partial charge in [-0.1, -0.05) is 23.8 Å². The Kier molecular flexibility index (Phi) is 3.85. The van der Waals surface area contributed by atoms with E-state index in [1.165, 1.54) is 16.8 Å². The van der Waals surface area contributed by atoms with Crippen LogP contribution in [0, 0.1) is 25.2 Å². The van der Waals surface area contributed by atoms with Crippen molar-refractivity contribution in [3.05, 3.63) is 68.0 Å². The second-order valence-corrected chi connectivity index (χ2v) is 4.74. The van der Waals surface area contributed by atoms with Crippen molar-refractivity contribution in [1.29, 1.82) is 5.26 Å². The van der Waals surface area contributed by atoms with E-state index in [2.05, 4.69) is 0 Å². The van der Waals surface area contributed by atoms with E-state index in [1.54, 1.807) is 0 Å². The third-order valence-corrected chi connectivity index (χ3v) is 3.21. The highest BCUT2D eigenvalue weighted by molar-refractivity contribution is 5.30. The van der Waals surface area contributed by atoms with Crippen LogP contribution in [-0.2, 0) is 13.1 Å². The summed E-state index contributed by atoms with van der Waals surface area (Å²) in [6.07, 6.45) is 1.35. The van der Waals surface area contributed by atoms with Crippen molar-refractivity contribution in [1.82, 2.24) is 9.13 Å². The molecule has 1 heterocycles. The van der Waals surface area contributed by atoms with E-state index in [4.69, 9.17) is 5.26 Å². The fourth-order valence-corrected chi connectivity index (χ4v) is 2.04. The van der Waals surface area contributed by atoms with Crippen LogP contribution in [-0.4, -0.2) is 9.13 Å². The van der Waals surface area contributed by atoms with Crippen molar-refractivity contribution in [2.75, 3.05) is 0 Å². The Balaban J connectivity index is 2.51. The first-order valence-electron chi connectivity index (χ1n) is 6.26. The zero-order valence-electron chi connectivity index (χ0n) is 11.5. The van der Waals surface area contributed by atoms with Crippen LogP contribution in [0.3, 0.4) is 0 Å². The van der Waals surface area contributed by atoms with Gasteiger partial charge in [-0.25, -0.2) is 4.79 Å². The first kappa shape index (κ1) is 13.8. The van der Waals surface area contributed by atoms with Crippen molar-refractivity contribution in [2.24, 2.45) is 0 Å². The molecule has 1 aromatic carbocycles. The minimum atomic E-state index is -0.458. The summed E-state index contributed by atoms with van der Waals surface area (Å²) in [5.74, 6) is 0. The minimum Gasteiger partial charge on any atom is -0.287 e. The SMILES string of the molecule is Cc1ccc(C)c(Cn2c(=O)ccn(CC#N)c2=O)c1. The maximum Gasteiger partial charge on any atom is 0.332 e. The summed E-state index contributed by atoms with van der Waals surface area (Å²) in [7, 11) is 0. The van der Waals surface area contributed by atoms with Crippen LogP contribution >= 0.6 is 0 Å². The van der Waals surface area contributed by atoms with Crippen molar-refractivity contribution in [3.8, 4) is 6.07 Å². The van der Waals surface area contributed by atoms with Gasteiger partial charge in [0.25, 0.3) is 5.56 Å². The number of aromatic nitrogens is 2. The van der Waals surface area contributed by atoms with E-state index in [1.807, 2.05) is 38.1 Å². The van der Waals surface area contributed by atoms with Gasteiger partial charge >= 0.3 is 5.69 Å². The molecular formula is C15H15N3O2.